The molecule has 0 aromatic carbocycles. The maximum absolute atomic E-state index is 12.1. The predicted molar refractivity (Wildman–Crippen MR) is 83.5 cm³/mol. The molecule has 0 bridgehead atoms. The van der Waals surface area contributed by atoms with Gasteiger partial charge >= 0.3 is 0 Å². The van der Waals surface area contributed by atoms with Crippen LogP contribution < -0.4 is 10.9 Å². The average molecular weight is 298 g/mol. The molecule has 0 saturated heterocycles. The molecule has 1 aliphatic rings. The second-order valence-corrected chi connectivity index (χ2v) is 5.96. The number of halogens is 1. The molecule has 0 atom stereocenters. The molecule has 2 rings (SSSR count). The summed E-state index contributed by atoms with van der Waals surface area (Å²) in [5, 5.41) is 7.91. The third kappa shape index (κ3) is 3.98. The number of hydrogen-bond acceptors (Lipinski definition) is 3. The number of unbranched alkanes of at least 4 members (excludes halogenated alkanes) is 1. The van der Waals surface area contributed by atoms with Crippen molar-refractivity contribution < 1.29 is 0 Å². The Morgan fingerprint density at radius 1 is 1.35 bits per heavy atom. The number of anilines is 1. The summed E-state index contributed by atoms with van der Waals surface area (Å²) in [4.78, 5) is 12.1. The van der Waals surface area contributed by atoms with E-state index in [4.69, 9.17) is 11.6 Å². The SMILES string of the molecule is CCCCn1ncc(NC2CCCCCC2)c(Cl)c1=O. The minimum atomic E-state index is -0.182. The zero-order chi connectivity index (χ0) is 14.4. The van der Waals surface area contributed by atoms with Crippen LogP contribution in [-0.2, 0) is 6.54 Å². The first-order chi connectivity index (χ1) is 9.72. The highest BCUT2D eigenvalue weighted by Gasteiger charge is 2.15. The summed E-state index contributed by atoms with van der Waals surface area (Å²) in [5.41, 5.74) is 0.509. The molecular formula is C15H24ClN3O. The molecule has 1 heterocycles. The van der Waals surface area contributed by atoms with E-state index in [1.165, 1.54) is 30.4 Å². The Bertz CT molecular complexity index is 478. The molecule has 1 aromatic heterocycles. The first kappa shape index (κ1) is 15.4. The van der Waals surface area contributed by atoms with Crippen LogP contribution in [0.3, 0.4) is 0 Å². The van der Waals surface area contributed by atoms with E-state index in [-0.39, 0.29) is 10.6 Å². The lowest BCUT2D eigenvalue weighted by molar-refractivity contribution is 0.542. The zero-order valence-electron chi connectivity index (χ0n) is 12.2. The van der Waals surface area contributed by atoms with Gasteiger partial charge in [0, 0.05) is 12.6 Å². The Balaban J connectivity index is 2.08. The van der Waals surface area contributed by atoms with Gasteiger partial charge in [0.25, 0.3) is 5.56 Å². The normalized spacial score (nSPS) is 16.9. The molecule has 0 unspecified atom stereocenters. The van der Waals surface area contributed by atoms with Gasteiger partial charge in [-0.25, -0.2) is 4.68 Å². The summed E-state index contributed by atoms with van der Waals surface area (Å²) in [6.07, 6.45) is 11.1. The molecular weight excluding hydrogens is 274 g/mol. The number of aryl methyl sites for hydroxylation is 1. The lowest BCUT2D eigenvalue weighted by Gasteiger charge is -2.18. The van der Waals surface area contributed by atoms with Crippen molar-refractivity contribution in [2.24, 2.45) is 0 Å². The lowest BCUT2D eigenvalue weighted by atomic mass is 10.1. The molecule has 4 nitrogen and oxygen atoms in total. The van der Waals surface area contributed by atoms with E-state index in [1.807, 2.05) is 0 Å². The fraction of sp³-hybridized carbons (Fsp3) is 0.733. The Morgan fingerprint density at radius 2 is 2.05 bits per heavy atom. The van der Waals surface area contributed by atoms with Crippen molar-refractivity contribution >= 4 is 17.3 Å². The van der Waals surface area contributed by atoms with Crippen LogP contribution in [0, 0.1) is 0 Å². The van der Waals surface area contributed by atoms with Gasteiger partial charge in [0.2, 0.25) is 0 Å². The van der Waals surface area contributed by atoms with E-state index < -0.39 is 0 Å². The molecule has 1 aromatic rings. The Hall–Kier alpha value is -1.03. The van der Waals surface area contributed by atoms with Gasteiger partial charge in [0.15, 0.2) is 0 Å². The molecule has 0 aliphatic heterocycles. The maximum atomic E-state index is 12.1. The van der Waals surface area contributed by atoms with Gasteiger partial charge in [-0.2, -0.15) is 5.10 Å². The fourth-order valence-corrected chi connectivity index (χ4v) is 2.88. The monoisotopic (exact) mass is 297 g/mol. The van der Waals surface area contributed by atoms with Gasteiger partial charge in [-0.05, 0) is 19.3 Å². The van der Waals surface area contributed by atoms with Crippen LogP contribution in [0.1, 0.15) is 58.3 Å². The largest absolute Gasteiger partial charge is 0.380 e. The fourth-order valence-electron chi connectivity index (χ4n) is 2.68. The number of nitrogens with one attached hydrogen (secondary N) is 1. The summed E-state index contributed by atoms with van der Waals surface area (Å²) in [7, 11) is 0. The molecule has 20 heavy (non-hydrogen) atoms. The molecule has 0 spiro atoms. The summed E-state index contributed by atoms with van der Waals surface area (Å²) < 4.78 is 1.46. The molecule has 0 amide bonds. The van der Waals surface area contributed by atoms with Crippen LogP contribution in [0.25, 0.3) is 0 Å². The van der Waals surface area contributed by atoms with Gasteiger partial charge in [-0.3, -0.25) is 4.79 Å². The van der Waals surface area contributed by atoms with Crippen molar-refractivity contribution in [1.29, 1.82) is 0 Å². The first-order valence-corrected chi connectivity index (χ1v) is 8.12. The van der Waals surface area contributed by atoms with E-state index >= 15 is 0 Å². The minimum Gasteiger partial charge on any atom is -0.380 e. The first-order valence-electron chi connectivity index (χ1n) is 7.74. The average Bonchev–Trinajstić information content (AvgIpc) is 2.72. The second-order valence-electron chi connectivity index (χ2n) is 5.59. The second kappa shape index (κ2) is 7.67. The van der Waals surface area contributed by atoms with Crippen LogP contribution in [-0.4, -0.2) is 15.8 Å². The summed E-state index contributed by atoms with van der Waals surface area (Å²) >= 11 is 6.20. The van der Waals surface area contributed by atoms with Gasteiger partial charge in [0.05, 0.1) is 11.9 Å². The van der Waals surface area contributed by atoms with Crippen molar-refractivity contribution in [2.75, 3.05) is 5.32 Å². The van der Waals surface area contributed by atoms with Crippen molar-refractivity contribution in [2.45, 2.75) is 70.9 Å². The van der Waals surface area contributed by atoms with Crippen LogP contribution in [0.4, 0.5) is 5.69 Å². The minimum absolute atomic E-state index is 0.182. The van der Waals surface area contributed by atoms with Crippen LogP contribution in [0.2, 0.25) is 5.02 Å². The summed E-state index contributed by atoms with van der Waals surface area (Å²) in [5.74, 6) is 0. The molecule has 1 fully saturated rings. The van der Waals surface area contributed by atoms with Gasteiger partial charge in [0.1, 0.15) is 5.02 Å². The zero-order valence-corrected chi connectivity index (χ0v) is 13.0. The molecule has 1 saturated carbocycles. The maximum Gasteiger partial charge on any atom is 0.287 e. The van der Waals surface area contributed by atoms with Crippen LogP contribution in [0.15, 0.2) is 11.0 Å². The third-order valence-corrected chi connectivity index (χ3v) is 4.29. The number of aromatic nitrogens is 2. The highest BCUT2D eigenvalue weighted by Crippen LogP contribution is 2.23. The molecule has 112 valence electrons. The third-order valence-electron chi connectivity index (χ3n) is 3.92. The molecule has 5 heteroatoms. The highest BCUT2D eigenvalue weighted by atomic mass is 35.5. The standard InChI is InChI=1S/C15H24ClN3O/c1-2-3-10-19-15(20)14(16)13(11-17-19)18-12-8-6-4-5-7-9-12/h11-12,18H,2-10H2,1H3. The van der Waals surface area contributed by atoms with Gasteiger partial charge < -0.3 is 5.32 Å². The summed E-state index contributed by atoms with van der Waals surface area (Å²) in [6.45, 7) is 2.73. The van der Waals surface area contributed by atoms with E-state index in [2.05, 4.69) is 17.3 Å². The molecule has 1 aliphatic carbocycles. The van der Waals surface area contributed by atoms with E-state index in [1.54, 1.807) is 6.20 Å². The Morgan fingerprint density at radius 3 is 2.70 bits per heavy atom. The number of rotatable bonds is 5. The summed E-state index contributed by atoms with van der Waals surface area (Å²) in [6, 6.07) is 0.419. The van der Waals surface area contributed by atoms with E-state index in [0.717, 1.165) is 25.7 Å². The van der Waals surface area contributed by atoms with E-state index in [9.17, 15) is 4.79 Å². The lowest BCUT2D eigenvalue weighted by Crippen LogP contribution is -2.26. The van der Waals surface area contributed by atoms with Crippen LogP contribution in [0.5, 0.6) is 0 Å². The predicted octanol–water partition coefficient (Wildman–Crippen LogP) is 3.83. The van der Waals surface area contributed by atoms with Gasteiger partial charge in [-0.1, -0.05) is 50.6 Å². The molecule has 1 N–H and O–H groups in total. The molecule has 0 radical (unpaired) electrons. The van der Waals surface area contributed by atoms with Crippen LogP contribution >= 0.6 is 11.6 Å². The number of nitrogens with zero attached hydrogens (tertiary/aromatic N) is 2. The van der Waals surface area contributed by atoms with Crippen molar-refractivity contribution in [1.82, 2.24) is 9.78 Å². The Labute approximate surface area is 125 Å². The van der Waals surface area contributed by atoms with Crippen molar-refractivity contribution in [3.05, 3.63) is 21.6 Å². The highest BCUT2D eigenvalue weighted by molar-refractivity contribution is 6.32. The van der Waals surface area contributed by atoms with Crippen molar-refractivity contribution in [3.63, 3.8) is 0 Å². The van der Waals surface area contributed by atoms with Crippen molar-refractivity contribution in [3.8, 4) is 0 Å². The number of hydrogen-bond donors (Lipinski definition) is 1. The quantitative estimate of drug-likeness (QED) is 0.840. The van der Waals surface area contributed by atoms with Gasteiger partial charge in [-0.15, -0.1) is 0 Å². The topological polar surface area (TPSA) is 46.9 Å². The smallest absolute Gasteiger partial charge is 0.287 e. The Kier molecular flexibility index (Phi) is 5.89. The van der Waals surface area contributed by atoms with E-state index in [0.29, 0.717) is 18.3 Å².